The second-order valence-corrected chi connectivity index (χ2v) is 20.0. The van der Waals surface area contributed by atoms with E-state index in [1.165, 1.54) is 31.8 Å². The molecule has 0 unspecified atom stereocenters. The van der Waals surface area contributed by atoms with E-state index >= 15 is 4.39 Å². The van der Waals surface area contributed by atoms with Crippen LogP contribution in [0, 0.1) is 12.7 Å². The highest BCUT2D eigenvalue weighted by atomic mass is 79.9. The van der Waals surface area contributed by atoms with E-state index in [1.54, 1.807) is 42.7 Å². The number of halogens is 2. The molecule has 0 aliphatic rings. The lowest BCUT2D eigenvalue weighted by molar-refractivity contribution is 0.177. The highest BCUT2D eigenvalue weighted by Gasteiger charge is 2.44. The van der Waals surface area contributed by atoms with Gasteiger partial charge in [-0.3, -0.25) is 14.3 Å². The van der Waals surface area contributed by atoms with Crippen molar-refractivity contribution in [3.05, 3.63) is 76.3 Å². The number of anilines is 1. The van der Waals surface area contributed by atoms with E-state index in [2.05, 4.69) is 35.8 Å². The maximum absolute atomic E-state index is 15.5. The zero-order valence-electron chi connectivity index (χ0n) is 26.8. The molecule has 0 aliphatic heterocycles. The molecule has 0 bridgehead atoms. The first-order chi connectivity index (χ1) is 21.0. The van der Waals surface area contributed by atoms with E-state index in [0.717, 1.165) is 5.56 Å². The topological polar surface area (TPSA) is 117 Å². The zero-order valence-corrected chi connectivity index (χ0v) is 30.2. The molecule has 10 nitrogen and oxygen atoms in total. The lowest BCUT2D eigenvalue weighted by Gasteiger charge is -2.41. The number of rotatable bonds is 11. The second kappa shape index (κ2) is 13.2. The molecule has 45 heavy (non-hydrogen) atoms. The molecule has 2 aromatic heterocycles. The molecule has 2 heterocycles. The van der Waals surface area contributed by atoms with Crippen LogP contribution >= 0.6 is 15.9 Å². The molecular formula is C31H39BrFN5O5SSi. The summed E-state index contributed by atoms with van der Waals surface area (Å²) in [4.78, 5) is 4.28. The first-order valence-electron chi connectivity index (χ1n) is 14.2. The first-order valence-corrected chi connectivity index (χ1v) is 19.5. The third-order valence-electron chi connectivity index (χ3n) is 8.07. The van der Waals surface area contributed by atoms with Gasteiger partial charge >= 0.3 is 0 Å². The van der Waals surface area contributed by atoms with Crippen molar-refractivity contribution in [2.24, 2.45) is 0 Å². The van der Waals surface area contributed by atoms with E-state index in [-0.39, 0.29) is 16.6 Å². The van der Waals surface area contributed by atoms with Crippen molar-refractivity contribution < 1.29 is 26.7 Å². The van der Waals surface area contributed by atoms with Crippen LogP contribution in [0.25, 0.3) is 17.1 Å². The molecule has 242 valence electrons. The van der Waals surface area contributed by atoms with Crippen molar-refractivity contribution >= 4 is 40.2 Å². The van der Waals surface area contributed by atoms with E-state index in [9.17, 15) is 8.42 Å². The number of benzene rings is 2. The number of hydrogen-bond acceptors (Lipinski definition) is 8. The van der Waals surface area contributed by atoms with Crippen molar-refractivity contribution in [3.8, 4) is 28.6 Å². The minimum absolute atomic E-state index is 0.122. The molecular weight excluding hydrogens is 681 g/mol. The number of para-hydroxylation sites is 1. The Bertz CT molecular complexity index is 1770. The van der Waals surface area contributed by atoms with Gasteiger partial charge in [0.25, 0.3) is 0 Å². The van der Waals surface area contributed by atoms with Gasteiger partial charge in [-0.25, -0.2) is 12.8 Å². The van der Waals surface area contributed by atoms with Gasteiger partial charge in [0.05, 0.1) is 20.3 Å². The molecule has 4 aromatic rings. The van der Waals surface area contributed by atoms with Gasteiger partial charge in [0.2, 0.25) is 16.0 Å². The van der Waals surface area contributed by atoms with Crippen LogP contribution in [0.3, 0.4) is 0 Å². The Balaban J connectivity index is 1.88. The summed E-state index contributed by atoms with van der Waals surface area (Å²) in [6.07, 6.45) is 2.17. The van der Waals surface area contributed by atoms with E-state index in [0.29, 0.717) is 33.0 Å². The summed E-state index contributed by atoms with van der Waals surface area (Å²) in [5, 5.41) is 7.10. The van der Waals surface area contributed by atoms with Gasteiger partial charge < -0.3 is 13.9 Å². The van der Waals surface area contributed by atoms with Crippen LogP contribution in [0.2, 0.25) is 18.1 Å². The summed E-state index contributed by atoms with van der Waals surface area (Å²) in [7, 11) is -3.91. The zero-order chi connectivity index (χ0) is 33.3. The number of ether oxygens (including phenoxy) is 2. The summed E-state index contributed by atoms with van der Waals surface area (Å²) in [5.74, 6) is 0.378. The number of pyridine rings is 1. The Labute approximate surface area is 273 Å². The van der Waals surface area contributed by atoms with Gasteiger partial charge in [0.15, 0.2) is 14.1 Å². The normalized spacial score (nSPS) is 13.8. The van der Waals surface area contributed by atoms with Crippen LogP contribution in [0.15, 0.2) is 59.3 Å². The van der Waals surface area contributed by atoms with Crippen LogP contribution in [0.4, 0.5) is 10.3 Å². The standard InChI is InChI=1S/C31H39BrFN5O5SSi/c1-19-15-21(18-34-17-19)29-35-36-30(38(29)27-25(41-6)11-10-12-26(27)42-7)37-44(39,40)20(2)28(43-45(8,9)31(3,4)5)23-14-13-22(32)16-24(23)33/h10-18,20,28H,1-9H3,(H,36,37)/t20-,28+/m1/s1. The van der Waals surface area contributed by atoms with Crippen molar-refractivity contribution in [1.82, 2.24) is 19.7 Å². The van der Waals surface area contributed by atoms with E-state index in [1.807, 2.05) is 46.9 Å². The van der Waals surface area contributed by atoms with Crippen molar-refractivity contribution in [1.29, 1.82) is 0 Å². The number of nitrogens with one attached hydrogen (secondary N) is 1. The molecule has 2 aromatic carbocycles. The van der Waals surface area contributed by atoms with Gasteiger partial charge in [-0.2, -0.15) is 0 Å². The fourth-order valence-electron chi connectivity index (χ4n) is 4.50. The Morgan fingerprint density at radius 2 is 1.67 bits per heavy atom. The minimum Gasteiger partial charge on any atom is -0.494 e. The fourth-order valence-corrected chi connectivity index (χ4v) is 7.35. The summed E-state index contributed by atoms with van der Waals surface area (Å²) < 4.78 is 66.6. The third kappa shape index (κ3) is 7.24. The van der Waals surface area contributed by atoms with Crippen LogP contribution in [-0.4, -0.2) is 56.0 Å². The van der Waals surface area contributed by atoms with Gasteiger partial charge in [-0.15, -0.1) is 10.2 Å². The Hall–Kier alpha value is -3.33. The summed E-state index contributed by atoms with van der Waals surface area (Å²) in [6.45, 7) is 13.5. The minimum atomic E-state index is -4.30. The number of aryl methyl sites for hydroxylation is 1. The lowest BCUT2D eigenvalue weighted by atomic mass is 10.1. The largest absolute Gasteiger partial charge is 0.494 e. The molecule has 0 fully saturated rings. The third-order valence-corrected chi connectivity index (χ3v) is 14.7. The average Bonchev–Trinajstić information content (AvgIpc) is 3.36. The molecule has 0 amide bonds. The number of aromatic nitrogens is 4. The number of methoxy groups -OCH3 is 2. The van der Waals surface area contributed by atoms with Gasteiger partial charge in [0, 0.05) is 28.0 Å². The summed E-state index contributed by atoms with van der Waals surface area (Å²) in [5.41, 5.74) is 1.97. The summed E-state index contributed by atoms with van der Waals surface area (Å²) in [6, 6.07) is 11.6. The van der Waals surface area contributed by atoms with Gasteiger partial charge in [0.1, 0.15) is 28.3 Å². The predicted octanol–water partition coefficient (Wildman–Crippen LogP) is 7.45. The molecule has 0 aliphatic carbocycles. The van der Waals surface area contributed by atoms with E-state index in [4.69, 9.17) is 13.9 Å². The second-order valence-electron chi connectivity index (χ2n) is 12.3. The van der Waals surface area contributed by atoms with Gasteiger partial charge in [-0.05, 0) is 67.9 Å². The fraction of sp³-hybridized carbons (Fsp3) is 0.387. The Morgan fingerprint density at radius 3 is 2.22 bits per heavy atom. The molecule has 0 radical (unpaired) electrons. The molecule has 0 spiro atoms. The molecule has 2 atom stereocenters. The SMILES string of the molecule is COc1cccc(OC)c1-n1c(NS(=O)(=O)[C@H](C)[C@H](O[Si](C)(C)C(C)(C)C)c2ccc(Br)cc2F)nnc1-c1cncc(C)c1. The van der Waals surface area contributed by atoms with Crippen molar-refractivity contribution in [3.63, 3.8) is 0 Å². The van der Waals surface area contributed by atoms with Crippen molar-refractivity contribution in [2.45, 2.75) is 64.1 Å². The molecule has 0 saturated heterocycles. The molecule has 4 rings (SSSR count). The molecule has 14 heteroatoms. The van der Waals surface area contributed by atoms with Crippen LogP contribution < -0.4 is 14.2 Å². The highest BCUT2D eigenvalue weighted by Crippen LogP contribution is 2.43. The van der Waals surface area contributed by atoms with Crippen molar-refractivity contribution in [2.75, 3.05) is 18.9 Å². The summed E-state index contributed by atoms with van der Waals surface area (Å²) >= 11 is 3.29. The first kappa shape index (κ1) is 34.5. The smallest absolute Gasteiger partial charge is 0.243 e. The molecule has 1 N–H and O–H groups in total. The Morgan fingerprint density at radius 1 is 1.02 bits per heavy atom. The van der Waals surface area contributed by atoms with Gasteiger partial charge in [-0.1, -0.05) is 48.8 Å². The number of nitrogens with zero attached hydrogens (tertiary/aromatic N) is 4. The predicted molar refractivity (Wildman–Crippen MR) is 180 cm³/mol. The quantitative estimate of drug-likeness (QED) is 0.159. The molecule has 0 saturated carbocycles. The monoisotopic (exact) mass is 719 g/mol. The van der Waals surface area contributed by atoms with Crippen LogP contribution in [0.1, 0.15) is 44.9 Å². The highest BCUT2D eigenvalue weighted by molar-refractivity contribution is 9.10. The average molecular weight is 721 g/mol. The van der Waals surface area contributed by atoms with Crippen LogP contribution in [-0.2, 0) is 14.4 Å². The van der Waals surface area contributed by atoms with Crippen LogP contribution in [0.5, 0.6) is 11.5 Å². The lowest BCUT2D eigenvalue weighted by Crippen LogP contribution is -2.45. The number of hydrogen-bond donors (Lipinski definition) is 1. The number of sulfonamides is 1. The maximum atomic E-state index is 15.5. The maximum Gasteiger partial charge on any atom is 0.243 e. The van der Waals surface area contributed by atoms with E-state index < -0.39 is 35.5 Å². The Kier molecular flexibility index (Phi) is 10.1.